The molecule has 2 aromatic carbocycles. The maximum atomic E-state index is 12.2. The van der Waals surface area contributed by atoms with Crippen molar-refractivity contribution in [2.45, 2.75) is 39.2 Å². The molecule has 156 valence electrons. The molecule has 1 fully saturated rings. The summed E-state index contributed by atoms with van der Waals surface area (Å²) >= 11 is -2.12. The van der Waals surface area contributed by atoms with Crippen molar-refractivity contribution in [1.82, 2.24) is 4.90 Å². The molecule has 6 nitrogen and oxygen atoms in total. The van der Waals surface area contributed by atoms with Gasteiger partial charge >= 0.3 is 0 Å². The average Bonchev–Trinajstić information content (AvgIpc) is 2.73. The van der Waals surface area contributed by atoms with Gasteiger partial charge in [0.15, 0.2) is 0 Å². The molecule has 2 aromatic rings. The molecule has 1 heterocycles. The van der Waals surface area contributed by atoms with E-state index in [0.717, 1.165) is 36.4 Å². The van der Waals surface area contributed by atoms with Gasteiger partial charge in [0.1, 0.15) is 0 Å². The Labute approximate surface area is 175 Å². The summed E-state index contributed by atoms with van der Waals surface area (Å²) < 4.78 is 22.9. The monoisotopic (exact) mass is 415 g/mol. The Morgan fingerprint density at radius 3 is 2.34 bits per heavy atom. The molecule has 1 aliphatic heterocycles. The first kappa shape index (κ1) is 21.5. The lowest BCUT2D eigenvalue weighted by Crippen LogP contribution is -2.32. The summed E-state index contributed by atoms with van der Waals surface area (Å²) in [5.41, 5.74) is 3.41. The van der Waals surface area contributed by atoms with E-state index in [2.05, 4.69) is 10.2 Å². The number of benzene rings is 2. The molecule has 0 radical (unpaired) electrons. The smallest absolute Gasteiger partial charge is 0.262 e. The maximum Gasteiger partial charge on any atom is 0.262 e. The van der Waals surface area contributed by atoms with E-state index in [1.807, 2.05) is 55.5 Å². The molecule has 0 aliphatic carbocycles. The number of likely N-dealkylation sites (tertiary alicyclic amines) is 1. The fourth-order valence-corrected chi connectivity index (χ4v) is 4.03. The third kappa shape index (κ3) is 6.66. The van der Waals surface area contributed by atoms with Gasteiger partial charge in [-0.05, 0) is 62.7 Å². The summed E-state index contributed by atoms with van der Waals surface area (Å²) in [6, 6.07) is 14.9. The third-order valence-corrected chi connectivity index (χ3v) is 5.90. The molecular formula is C22H29N3O3S. The topological polar surface area (TPSA) is 72.9 Å². The molecule has 0 spiro atoms. The largest absolute Gasteiger partial charge is 0.326 e. The predicted octanol–water partition coefficient (Wildman–Crippen LogP) is 3.95. The van der Waals surface area contributed by atoms with Gasteiger partial charge in [-0.25, -0.2) is 4.21 Å². The summed E-state index contributed by atoms with van der Waals surface area (Å²) in [6.07, 6.45) is 4.23. The van der Waals surface area contributed by atoms with Crippen LogP contribution in [0, 0.1) is 6.92 Å². The molecule has 7 heteroatoms. The van der Waals surface area contributed by atoms with Crippen molar-refractivity contribution in [2.75, 3.05) is 29.3 Å². The molecule has 1 saturated heterocycles. The zero-order chi connectivity index (χ0) is 20.6. The fourth-order valence-electron chi connectivity index (χ4n) is 3.47. The zero-order valence-electron chi connectivity index (χ0n) is 16.8. The van der Waals surface area contributed by atoms with E-state index >= 15 is 0 Å². The molecule has 1 amide bonds. The summed E-state index contributed by atoms with van der Waals surface area (Å²) in [5.74, 6) is 0.0149. The Hall–Kier alpha value is -2.22. The quantitative estimate of drug-likeness (QED) is 0.640. The van der Waals surface area contributed by atoms with Crippen LogP contribution in [0.2, 0.25) is 0 Å². The summed E-state index contributed by atoms with van der Waals surface area (Å²) in [6.45, 7) is 5.26. The first-order valence-corrected chi connectivity index (χ1v) is 11.1. The maximum absolute atomic E-state index is 12.2. The standard InChI is InChI=1S/C22H29N3O3S/c1-18-5-11-21(12-6-18)25(29(27)28)17-19-7-9-20(10-8-19)23-22(26)13-16-24-14-3-2-4-15-24/h5-12H,2-4,13-17H2,1H3,(H,23,26)(H,27,28). The zero-order valence-corrected chi connectivity index (χ0v) is 17.7. The van der Waals surface area contributed by atoms with Crippen molar-refractivity contribution in [3.05, 3.63) is 59.7 Å². The van der Waals surface area contributed by atoms with Gasteiger partial charge < -0.3 is 10.2 Å². The van der Waals surface area contributed by atoms with Gasteiger partial charge in [0.2, 0.25) is 5.91 Å². The van der Waals surface area contributed by atoms with Crippen LogP contribution in [0.4, 0.5) is 11.4 Å². The normalized spacial score (nSPS) is 15.7. The molecule has 1 unspecified atom stereocenters. The van der Waals surface area contributed by atoms with Crippen LogP contribution in [-0.2, 0) is 22.6 Å². The first-order valence-electron chi connectivity index (χ1n) is 10.1. The van der Waals surface area contributed by atoms with Crippen LogP contribution in [0.15, 0.2) is 48.5 Å². The van der Waals surface area contributed by atoms with Crippen LogP contribution in [-0.4, -0.2) is 39.2 Å². The predicted molar refractivity (Wildman–Crippen MR) is 118 cm³/mol. The number of amides is 1. The number of carbonyl (C=O) groups excluding carboxylic acids is 1. The van der Waals surface area contributed by atoms with Crippen LogP contribution < -0.4 is 9.62 Å². The second-order valence-corrected chi connectivity index (χ2v) is 8.40. The van der Waals surface area contributed by atoms with Crippen molar-refractivity contribution in [2.24, 2.45) is 0 Å². The minimum absolute atomic E-state index is 0.0149. The van der Waals surface area contributed by atoms with Gasteiger partial charge in [-0.2, -0.15) is 0 Å². The number of hydrogen-bond donors (Lipinski definition) is 2. The molecule has 3 rings (SSSR count). The van der Waals surface area contributed by atoms with Crippen LogP contribution >= 0.6 is 0 Å². The van der Waals surface area contributed by atoms with Gasteiger partial charge in [0, 0.05) is 18.7 Å². The molecule has 1 aliphatic rings. The van der Waals surface area contributed by atoms with Crippen LogP contribution in [0.5, 0.6) is 0 Å². The second-order valence-electron chi connectivity index (χ2n) is 7.50. The number of carbonyl (C=O) groups is 1. The lowest BCUT2D eigenvalue weighted by molar-refractivity contribution is -0.116. The van der Waals surface area contributed by atoms with E-state index < -0.39 is 11.3 Å². The molecule has 0 bridgehead atoms. The highest BCUT2D eigenvalue weighted by molar-refractivity contribution is 7.80. The summed E-state index contributed by atoms with van der Waals surface area (Å²) in [4.78, 5) is 14.5. The van der Waals surface area contributed by atoms with Crippen LogP contribution in [0.1, 0.15) is 36.8 Å². The Morgan fingerprint density at radius 2 is 1.72 bits per heavy atom. The van der Waals surface area contributed by atoms with Gasteiger partial charge in [-0.1, -0.05) is 36.2 Å². The number of nitrogens with zero attached hydrogens (tertiary/aromatic N) is 2. The summed E-state index contributed by atoms with van der Waals surface area (Å²) in [5, 5.41) is 2.93. The lowest BCUT2D eigenvalue weighted by Gasteiger charge is -2.25. The third-order valence-electron chi connectivity index (χ3n) is 5.18. The molecular weight excluding hydrogens is 386 g/mol. The summed E-state index contributed by atoms with van der Waals surface area (Å²) in [7, 11) is 0. The Bertz CT molecular complexity index is 818. The molecule has 29 heavy (non-hydrogen) atoms. The number of anilines is 2. The van der Waals surface area contributed by atoms with Gasteiger partial charge in [-0.3, -0.25) is 13.7 Å². The van der Waals surface area contributed by atoms with E-state index in [-0.39, 0.29) is 5.91 Å². The first-order chi connectivity index (χ1) is 14.0. The van der Waals surface area contributed by atoms with Crippen molar-refractivity contribution in [3.8, 4) is 0 Å². The number of piperidine rings is 1. The average molecular weight is 416 g/mol. The number of nitrogens with one attached hydrogen (secondary N) is 1. The van der Waals surface area contributed by atoms with E-state index in [0.29, 0.717) is 18.7 Å². The second kappa shape index (κ2) is 10.5. The van der Waals surface area contributed by atoms with Crippen LogP contribution in [0.3, 0.4) is 0 Å². The minimum atomic E-state index is -2.12. The Kier molecular flexibility index (Phi) is 7.80. The van der Waals surface area contributed by atoms with Crippen molar-refractivity contribution < 1.29 is 13.6 Å². The Morgan fingerprint density at radius 1 is 1.07 bits per heavy atom. The molecule has 1 atom stereocenters. The van der Waals surface area contributed by atoms with Crippen molar-refractivity contribution in [3.63, 3.8) is 0 Å². The minimum Gasteiger partial charge on any atom is -0.326 e. The highest BCUT2D eigenvalue weighted by Crippen LogP contribution is 2.20. The molecule has 0 saturated carbocycles. The number of hydrogen-bond acceptors (Lipinski definition) is 3. The highest BCUT2D eigenvalue weighted by atomic mass is 32.2. The van der Waals surface area contributed by atoms with Gasteiger partial charge in [0.05, 0.1) is 12.2 Å². The Balaban J connectivity index is 1.53. The van der Waals surface area contributed by atoms with Crippen molar-refractivity contribution >= 4 is 28.5 Å². The van der Waals surface area contributed by atoms with E-state index in [9.17, 15) is 13.6 Å². The molecule has 0 aromatic heterocycles. The van der Waals surface area contributed by atoms with Crippen molar-refractivity contribution in [1.29, 1.82) is 0 Å². The number of aryl methyl sites for hydroxylation is 1. The van der Waals surface area contributed by atoms with Gasteiger partial charge in [0.25, 0.3) is 11.3 Å². The van der Waals surface area contributed by atoms with Gasteiger partial charge in [-0.15, -0.1) is 0 Å². The lowest BCUT2D eigenvalue weighted by atomic mass is 10.1. The SMILES string of the molecule is Cc1ccc(N(Cc2ccc(NC(=O)CCN3CCCCC3)cc2)S(=O)O)cc1. The van der Waals surface area contributed by atoms with E-state index in [1.165, 1.54) is 23.6 Å². The van der Waals surface area contributed by atoms with E-state index in [4.69, 9.17) is 0 Å². The molecule has 2 N–H and O–H groups in total. The van der Waals surface area contributed by atoms with Crippen LogP contribution in [0.25, 0.3) is 0 Å². The number of rotatable bonds is 8. The van der Waals surface area contributed by atoms with E-state index in [1.54, 1.807) is 0 Å². The fraction of sp³-hybridized carbons (Fsp3) is 0.409. The highest BCUT2D eigenvalue weighted by Gasteiger charge is 2.14.